The van der Waals surface area contributed by atoms with Crippen molar-refractivity contribution >= 4 is 23.8 Å². The molecule has 0 radical (unpaired) electrons. The highest BCUT2D eigenvalue weighted by Crippen LogP contribution is 2.19. The highest BCUT2D eigenvalue weighted by Gasteiger charge is 2.26. The molecule has 1 N–H and O–H groups in total. The van der Waals surface area contributed by atoms with Crippen LogP contribution in [-0.4, -0.2) is 38.2 Å². The smallest absolute Gasteiger partial charge is 0.228 e. The van der Waals surface area contributed by atoms with Gasteiger partial charge < -0.3 is 9.88 Å². The van der Waals surface area contributed by atoms with Crippen LogP contribution in [0.3, 0.4) is 0 Å². The predicted octanol–water partition coefficient (Wildman–Crippen LogP) is 2.26. The first-order chi connectivity index (χ1) is 11.1. The van der Waals surface area contributed by atoms with Gasteiger partial charge in [-0.15, -0.1) is 0 Å². The Bertz CT molecular complexity index is 724. The lowest BCUT2D eigenvalue weighted by atomic mass is 9.97. The van der Waals surface area contributed by atoms with E-state index in [-0.39, 0.29) is 11.8 Å². The zero-order chi connectivity index (χ0) is 16.2. The Balaban J connectivity index is 1.60. The first-order valence-corrected chi connectivity index (χ1v) is 8.21. The van der Waals surface area contributed by atoms with Crippen molar-refractivity contribution in [3.8, 4) is 0 Å². The summed E-state index contributed by atoms with van der Waals surface area (Å²) in [6, 6.07) is 9.60. The number of aromatic nitrogens is 3. The van der Waals surface area contributed by atoms with Crippen LogP contribution in [0.4, 0.5) is 5.69 Å². The molecule has 1 atom stereocenters. The molecule has 1 aliphatic rings. The van der Waals surface area contributed by atoms with Crippen LogP contribution in [0.5, 0.6) is 0 Å². The summed E-state index contributed by atoms with van der Waals surface area (Å²) in [4.78, 5) is 14.7. The maximum atomic E-state index is 12.5. The van der Waals surface area contributed by atoms with Gasteiger partial charge >= 0.3 is 0 Å². The molecule has 0 unspecified atom stereocenters. The van der Waals surface area contributed by atoms with Gasteiger partial charge in [-0.2, -0.15) is 5.10 Å². The molecule has 1 fully saturated rings. The Labute approximate surface area is 140 Å². The molecule has 1 aromatic carbocycles. The molecular formula is C16H21N5OS. The number of para-hydroxylation sites is 1. The summed E-state index contributed by atoms with van der Waals surface area (Å²) in [5.74, 6) is 0.0901. The van der Waals surface area contributed by atoms with E-state index in [0.29, 0.717) is 11.4 Å². The minimum absolute atomic E-state index is 0.00170. The van der Waals surface area contributed by atoms with Gasteiger partial charge in [0.05, 0.1) is 12.6 Å². The molecule has 0 spiro atoms. The van der Waals surface area contributed by atoms with Gasteiger partial charge in [-0.05, 0) is 43.7 Å². The second kappa shape index (κ2) is 7.06. The molecule has 0 aliphatic carbocycles. The van der Waals surface area contributed by atoms with Crippen LogP contribution in [0.25, 0.3) is 0 Å². The van der Waals surface area contributed by atoms with Crippen molar-refractivity contribution in [1.82, 2.24) is 19.2 Å². The van der Waals surface area contributed by atoms with E-state index in [9.17, 15) is 4.79 Å². The van der Waals surface area contributed by atoms with Crippen LogP contribution in [0.2, 0.25) is 0 Å². The number of anilines is 1. The van der Waals surface area contributed by atoms with Gasteiger partial charge in [0.2, 0.25) is 5.91 Å². The van der Waals surface area contributed by atoms with Crippen LogP contribution >= 0.6 is 12.2 Å². The molecule has 1 aromatic heterocycles. The lowest BCUT2D eigenvalue weighted by Crippen LogP contribution is -2.41. The summed E-state index contributed by atoms with van der Waals surface area (Å²) >= 11 is 5.32. The third-order valence-corrected chi connectivity index (χ3v) is 4.64. The first kappa shape index (κ1) is 15.9. The summed E-state index contributed by atoms with van der Waals surface area (Å²) in [6.45, 7) is 2.33. The minimum atomic E-state index is 0.00170. The molecule has 0 bridgehead atoms. The predicted molar refractivity (Wildman–Crippen MR) is 91.4 cm³/mol. The number of carbonyl (C=O) groups excluding carboxylic acids is 1. The number of benzene rings is 1. The summed E-state index contributed by atoms with van der Waals surface area (Å²) < 4.78 is 4.31. The molecule has 1 amide bonds. The van der Waals surface area contributed by atoms with Crippen LogP contribution in [-0.2, 0) is 18.5 Å². The lowest BCUT2D eigenvalue weighted by Gasteiger charge is -2.31. The van der Waals surface area contributed by atoms with E-state index in [0.717, 1.165) is 31.6 Å². The van der Waals surface area contributed by atoms with Gasteiger partial charge in [0.1, 0.15) is 6.33 Å². The van der Waals surface area contributed by atoms with Crippen molar-refractivity contribution in [3.63, 3.8) is 0 Å². The minimum Gasteiger partial charge on any atom is -0.326 e. The zero-order valence-electron chi connectivity index (χ0n) is 13.2. The standard InChI is InChI=1S/C16H21N5OS/c1-19-11-17-21(16(19)23)12-20-9-5-6-13(10-20)15(22)18-14-7-3-2-4-8-14/h2-4,7-8,11,13H,5-6,9-10,12H2,1H3,(H,18,22)/t13-/m1/s1. The zero-order valence-corrected chi connectivity index (χ0v) is 14.0. The van der Waals surface area contributed by atoms with E-state index in [2.05, 4.69) is 15.3 Å². The largest absolute Gasteiger partial charge is 0.326 e. The van der Waals surface area contributed by atoms with Gasteiger partial charge in [0, 0.05) is 19.3 Å². The Morgan fingerprint density at radius 2 is 2.17 bits per heavy atom. The highest BCUT2D eigenvalue weighted by molar-refractivity contribution is 7.71. The molecular weight excluding hydrogens is 310 g/mol. The topological polar surface area (TPSA) is 55.1 Å². The van der Waals surface area contributed by atoms with E-state index in [1.54, 1.807) is 11.0 Å². The molecule has 1 saturated heterocycles. The van der Waals surface area contributed by atoms with E-state index < -0.39 is 0 Å². The Morgan fingerprint density at radius 3 is 2.87 bits per heavy atom. The number of likely N-dealkylation sites (tertiary alicyclic amines) is 1. The van der Waals surface area contributed by atoms with Gasteiger partial charge in [0.25, 0.3) is 0 Å². The summed E-state index contributed by atoms with van der Waals surface area (Å²) in [7, 11) is 1.89. The molecule has 7 heteroatoms. The Kier molecular flexibility index (Phi) is 4.88. The fraction of sp³-hybridized carbons (Fsp3) is 0.438. The number of nitrogens with one attached hydrogen (secondary N) is 1. The monoisotopic (exact) mass is 331 g/mol. The van der Waals surface area contributed by atoms with Crippen molar-refractivity contribution in [3.05, 3.63) is 41.4 Å². The van der Waals surface area contributed by atoms with Gasteiger partial charge in [0.15, 0.2) is 4.77 Å². The Hall–Kier alpha value is -1.99. The van der Waals surface area contributed by atoms with Crippen molar-refractivity contribution in [2.45, 2.75) is 19.5 Å². The van der Waals surface area contributed by atoms with E-state index in [1.165, 1.54) is 0 Å². The second-order valence-corrected chi connectivity index (χ2v) is 6.30. The maximum Gasteiger partial charge on any atom is 0.228 e. The normalized spacial score (nSPS) is 18.7. The molecule has 6 nitrogen and oxygen atoms in total. The van der Waals surface area contributed by atoms with Crippen molar-refractivity contribution < 1.29 is 4.79 Å². The fourth-order valence-electron chi connectivity index (χ4n) is 2.87. The number of piperidine rings is 1. The Morgan fingerprint density at radius 1 is 1.39 bits per heavy atom. The molecule has 3 rings (SSSR count). The molecule has 2 heterocycles. The van der Waals surface area contributed by atoms with Gasteiger partial charge in [-0.1, -0.05) is 18.2 Å². The summed E-state index contributed by atoms with van der Waals surface area (Å²) in [6.07, 6.45) is 3.64. The van der Waals surface area contributed by atoms with E-state index in [4.69, 9.17) is 12.2 Å². The van der Waals surface area contributed by atoms with Gasteiger partial charge in [-0.25, -0.2) is 4.68 Å². The SMILES string of the molecule is Cn1cnn(CN2CCC[C@@H](C(=O)Nc3ccccc3)C2)c1=S. The quantitative estimate of drug-likeness (QED) is 0.873. The van der Waals surface area contributed by atoms with Crippen molar-refractivity contribution in [2.24, 2.45) is 13.0 Å². The summed E-state index contributed by atoms with van der Waals surface area (Å²) in [5, 5.41) is 7.28. The number of aryl methyl sites for hydroxylation is 1. The maximum absolute atomic E-state index is 12.5. The third kappa shape index (κ3) is 3.86. The molecule has 2 aromatic rings. The number of amides is 1. The number of hydrogen-bond donors (Lipinski definition) is 1. The van der Waals surface area contributed by atoms with Gasteiger partial charge in [-0.3, -0.25) is 9.69 Å². The number of rotatable bonds is 4. The van der Waals surface area contributed by atoms with Crippen LogP contribution in [0.1, 0.15) is 12.8 Å². The average molecular weight is 331 g/mol. The van der Waals surface area contributed by atoms with Crippen LogP contribution in [0.15, 0.2) is 36.7 Å². The lowest BCUT2D eigenvalue weighted by molar-refractivity contribution is -0.121. The fourth-order valence-corrected chi connectivity index (χ4v) is 3.02. The molecule has 122 valence electrons. The second-order valence-electron chi connectivity index (χ2n) is 5.94. The number of hydrogen-bond acceptors (Lipinski definition) is 4. The highest BCUT2D eigenvalue weighted by atomic mass is 32.1. The van der Waals surface area contributed by atoms with E-state index in [1.807, 2.05) is 41.9 Å². The third-order valence-electron chi connectivity index (χ3n) is 4.14. The summed E-state index contributed by atoms with van der Waals surface area (Å²) in [5.41, 5.74) is 0.849. The number of carbonyl (C=O) groups is 1. The van der Waals surface area contributed by atoms with Crippen molar-refractivity contribution in [2.75, 3.05) is 18.4 Å². The van der Waals surface area contributed by atoms with Crippen molar-refractivity contribution in [1.29, 1.82) is 0 Å². The average Bonchev–Trinajstić information content (AvgIpc) is 2.88. The molecule has 1 aliphatic heterocycles. The molecule has 23 heavy (non-hydrogen) atoms. The van der Waals surface area contributed by atoms with Crippen LogP contribution < -0.4 is 5.32 Å². The first-order valence-electron chi connectivity index (χ1n) is 7.80. The molecule has 0 saturated carbocycles. The van der Waals surface area contributed by atoms with Crippen LogP contribution in [0, 0.1) is 10.7 Å². The number of nitrogens with zero attached hydrogens (tertiary/aromatic N) is 4. The van der Waals surface area contributed by atoms with E-state index >= 15 is 0 Å².